The van der Waals surface area contributed by atoms with Crippen molar-refractivity contribution in [1.29, 1.82) is 0 Å². The molecule has 0 aliphatic carbocycles. The number of nitrogen functional groups attached to an aromatic ring is 1. The van der Waals surface area contributed by atoms with Crippen molar-refractivity contribution in [1.82, 2.24) is 9.55 Å². The molecule has 0 amide bonds. The first kappa shape index (κ1) is 24.5. The number of aliphatic hydroxyl groups is 2. The van der Waals surface area contributed by atoms with E-state index < -0.39 is 60.1 Å². The lowest BCUT2D eigenvalue weighted by molar-refractivity contribution is -0.0453. The molecular weight excluding hydrogens is 483 g/mol. The van der Waals surface area contributed by atoms with E-state index in [-0.39, 0.29) is 11.2 Å². The van der Waals surface area contributed by atoms with Crippen LogP contribution in [0.25, 0.3) is 0 Å². The van der Waals surface area contributed by atoms with Crippen molar-refractivity contribution in [2.45, 2.75) is 24.9 Å². The number of ether oxygens (including phenoxy) is 1. The minimum atomic E-state index is -5.73. The van der Waals surface area contributed by atoms with Crippen LogP contribution in [0.15, 0.2) is 6.20 Å². The fraction of sp³-hybridized carbons (Fsp3) is 0.556. The van der Waals surface area contributed by atoms with Crippen LogP contribution in [0.3, 0.4) is 0 Å². The average Bonchev–Trinajstić information content (AvgIpc) is 2.86. The Morgan fingerprint density at radius 3 is 2.38 bits per heavy atom. The first-order valence-corrected chi connectivity index (χ1v) is 12.2. The summed E-state index contributed by atoms with van der Waals surface area (Å²) in [6, 6.07) is 0. The number of phosphoric acid groups is 3. The standard InChI is InChI=1S/C9H16N3O13P3S/c10-8-5(23-27(18,19)25-28(20,21)24-26(15,16)17)2-12(9(29)11-8)7-1-4(14)6(3-13)22-7/h2,4,6-7,13-14H,1,3H2,(H,18,19)(H,20,21)(H2,10,11,29)(H2,15,16,17)/t4-,6+,7+/m0/s1. The molecule has 1 saturated heterocycles. The van der Waals surface area contributed by atoms with E-state index in [1.165, 1.54) is 0 Å². The van der Waals surface area contributed by atoms with E-state index >= 15 is 0 Å². The van der Waals surface area contributed by atoms with Gasteiger partial charge in [0.25, 0.3) is 0 Å². The quantitative estimate of drug-likeness (QED) is 0.176. The Bertz CT molecular complexity index is 965. The van der Waals surface area contributed by atoms with Crippen LogP contribution in [0, 0.1) is 4.77 Å². The van der Waals surface area contributed by atoms with E-state index in [1.54, 1.807) is 0 Å². The van der Waals surface area contributed by atoms with E-state index in [4.69, 9.17) is 42.5 Å². The van der Waals surface area contributed by atoms with Crippen LogP contribution in [-0.2, 0) is 27.1 Å². The van der Waals surface area contributed by atoms with Gasteiger partial charge in [-0.3, -0.25) is 9.46 Å². The molecule has 0 spiro atoms. The molecule has 5 atom stereocenters. The Morgan fingerprint density at radius 1 is 1.24 bits per heavy atom. The summed E-state index contributed by atoms with van der Waals surface area (Å²) in [6.45, 7) is -0.498. The maximum absolute atomic E-state index is 11.9. The Labute approximate surface area is 166 Å². The van der Waals surface area contributed by atoms with Gasteiger partial charge in [-0.05, 0) is 12.2 Å². The molecule has 1 aromatic heterocycles. The molecule has 1 fully saturated rings. The van der Waals surface area contributed by atoms with Gasteiger partial charge in [0.2, 0.25) is 4.77 Å². The van der Waals surface area contributed by atoms with Crippen LogP contribution in [0.1, 0.15) is 12.6 Å². The summed E-state index contributed by atoms with van der Waals surface area (Å²) in [6.07, 6.45) is -2.07. The summed E-state index contributed by atoms with van der Waals surface area (Å²) >= 11 is 4.98. The van der Waals surface area contributed by atoms with Crippen LogP contribution >= 0.6 is 35.7 Å². The number of aliphatic hydroxyl groups excluding tert-OH is 2. The fourth-order valence-electron chi connectivity index (χ4n) is 2.21. The van der Waals surface area contributed by atoms with Crippen LogP contribution in [0.5, 0.6) is 5.75 Å². The molecule has 2 unspecified atom stereocenters. The average molecular weight is 499 g/mol. The van der Waals surface area contributed by atoms with E-state index in [0.717, 1.165) is 10.8 Å². The molecular formula is C9H16N3O13P3S. The van der Waals surface area contributed by atoms with Crippen LogP contribution in [0.4, 0.5) is 5.82 Å². The smallest absolute Gasteiger partial charge is 0.398 e. The molecule has 2 rings (SSSR count). The fourth-order valence-corrected chi connectivity index (χ4v) is 5.51. The van der Waals surface area contributed by atoms with Gasteiger partial charge in [-0.2, -0.15) is 13.6 Å². The van der Waals surface area contributed by atoms with Gasteiger partial charge in [0.05, 0.1) is 18.9 Å². The zero-order valence-corrected chi connectivity index (χ0v) is 17.5. The Kier molecular flexibility index (Phi) is 7.41. The highest BCUT2D eigenvalue weighted by Gasteiger charge is 2.42. The van der Waals surface area contributed by atoms with Crippen LogP contribution < -0.4 is 10.3 Å². The largest absolute Gasteiger partial charge is 0.536 e. The first-order chi connectivity index (χ1) is 13.1. The minimum Gasteiger partial charge on any atom is -0.398 e. The Hall–Kier alpha value is -0.770. The number of aromatic nitrogens is 2. The molecule has 8 N–H and O–H groups in total. The molecule has 16 nitrogen and oxygen atoms in total. The lowest BCUT2D eigenvalue weighted by Gasteiger charge is -2.19. The third-order valence-electron chi connectivity index (χ3n) is 3.27. The predicted molar refractivity (Wildman–Crippen MR) is 93.6 cm³/mol. The van der Waals surface area contributed by atoms with Gasteiger partial charge in [-0.15, -0.1) is 0 Å². The van der Waals surface area contributed by atoms with Gasteiger partial charge in [-0.1, -0.05) is 0 Å². The van der Waals surface area contributed by atoms with Gasteiger partial charge >= 0.3 is 23.5 Å². The van der Waals surface area contributed by atoms with E-state index in [1.807, 2.05) is 0 Å². The number of anilines is 1. The lowest BCUT2D eigenvalue weighted by atomic mass is 10.2. The number of nitrogens with two attached hydrogens (primary N) is 1. The molecule has 166 valence electrons. The molecule has 1 aliphatic heterocycles. The number of rotatable bonds is 8. The molecule has 0 saturated carbocycles. The Morgan fingerprint density at radius 2 is 1.86 bits per heavy atom. The molecule has 20 heteroatoms. The van der Waals surface area contributed by atoms with Gasteiger partial charge in [0, 0.05) is 6.42 Å². The number of hydrogen-bond acceptors (Lipinski definition) is 12. The maximum Gasteiger partial charge on any atom is 0.536 e. The normalized spacial score (nSPS) is 26.6. The highest BCUT2D eigenvalue weighted by molar-refractivity contribution is 7.71. The van der Waals surface area contributed by atoms with Crippen molar-refractivity contribution < 1.29 is 61.4 Å². The molecule has 29 heavy (non-hydrogen) atoms. The third-order valence-corrected chi connectivity index (χ3v) is 7.33. The topological polar surface area (TPSA) is 253 Å². The summed E-state index contributed by atoms with van der Waals surface area (Å²) in [5.41, 5.74) is 5.52. The second-order valence-electron chi connectivity index (χ2n) is 5.48. The Balaban J connectivity index is 2.27. The first-order valence-electron chi connectivity index (χ1n) is 7.29. The number of hydrogen-bond donors (Lipinski definition) is 7. The summed E-state index contributed by atoms with van der Waals surface area (Å²) in [5.74, 6) is -1.24. The van der Waals surface area contributed by atoms with Crippen LogP contribution in [0.2, 0.25) is 0 Å². The van der Waals surface area contributed by atoms with Crippen molar-refractivity contribution in [2.24, 2.45) is 0 Å². The van der Waals surface area contributed by atoms with Crippen molar-refractivity contribution in [2.75, 3.05) is 12.3 Å². The van der Waals surface area contributed by atoms with E-state index in [9.17, 15) is 23.7 Å². The van der Waals surface area contributed by atoms with E-state index in [2.05, 4.69) is 18.1 Å². The third kappa shape index (κ3) is 6.87. The van der Waals surface area contributed by atoms with Crippen molar-refractivity contribution in [3.8, 4) is 5.75 Å². The van der Waals surface area contributed by atoms with Crippen molar-refractivity contribution in [3.63, 3.8) is 0 Å². The summed E-state index contributed by atoms with van der Waals surface area (Å²) in [4.78, 5) is 39.4. The predicted octanol–water partition coefficient (Wildman–Crippen LogP) is -0.459. The summed E-state index contributed by atoms with van der Waals surface area (Å²) in [5, 5.41) is 18.9. The molecule has 0 aromatic carbocycles. The minimum absolute atomic E-state index is 0.0418. The van der Waals surface area contributed by atoms with Gasteiger partial charge in [-0.25, -0.2) is 13.7 Å². The maximum atomic E-state index is 11.9. The number of phosphoric ester groups is 1. The lowest BCUT2D eigenvalue weighted by Crippen LogP contribution is -2.24. The zero-order valence-electron chi connectivity index (χ0n) is 14.0. The van der Waals surface area contributed by atoms with Gasteiger partial charge < -0.3 is 39.9 Å². The number of nitrogens with zero attached hydrogens (tertiary/aromatic N) is 2. The van der Waals surface area contributed by atoms with E-state index in [0.29, 0.717) is 0 Å². The second-order valence-corrected chi connectivity index (χ2v) is 10.2. The van der Waals surface area contributed by atoms with Gasteiger partial charge in [0.1, 0.15) is 12.3 Å². The summed E-state index contributed by atoms with van der Waals surface area (Å²) in [7, 11) is -16.8. The molecule has 0 radical (unpaired) electrons. The monoisotopic (exact) mass is 499 g/mol. The van der Waals surface area contributed by atoms with Crippen molar-refractivity contribution in [3.05, 3.63) is 11.0 Å². The molecule has 0 bridgehead atoms. The molecule has 1 aliphatic rings. The molecule has 2 heterocycles. The van der Waals surface area contributed by atoms with Gasteiger partial charge in [0.15, 0.2) is 11.6 Å². The van der Waals surface area contributed by atoms with Crippen molar-refractivity contribution >= 4 is 41.5 Å². The highest BCUT2D eigenvalue weighted by Crippen LogP contribution is 2.66. The molecule has 1 aromatic rings. The highest BCUT2D eigenvalue weighted by atomic mass is 32.1. The van der Waals surface area contributed by atoms with Crippen LogP contribution in [-0.4, -0.2) is 58.2 Å². The summed E-state index contributed by atoms with van der Waals surface area (Å²) < 4.78 is 51.9. The second kappa shape index (κ2) is 8.77. The zero-order chi connectivity index (χ0) is 22.2. The SMILES string of the molecule is Nc1nc(=S)n([C@H]2C[C@H](O)[C@@H](CO)O2)cc1OP(=O)(O)OP(=O)(O)OP(=O)(O)O.